The highest BCUT2D eigenvalue weighted by Gasteiger charge is 2.32. The zero-order valence-corrected chi connectivity index (χ0v) is 7.45. The summed E-state index contributed by atoms with van der Waals surface area (Å²) >= 11 is 0. The average Bonchev–Trinajstić information content (AvgIpc) is 2.23. The van der Waals surface area contributed by atoms with Crippen LogP contribution in [-0.2, 0) is 4.79 Å². The molecule has 0 radical (unpaired) electrons. The molecule has 7 N–H and O–H groups in total. The van der Waals surface area contributed by atoms with Gasteiger partial charge in [-0.15, -0.1) is 0 Å². The molecule has 0 aromatic rings. The highest BCUT2D eigenvalue weighted by molar-refractivity contribution is 5.88. The van der Waals surface area contributed by atoms with E-state index in [0.717, 1.165) is 0 Å². The Bertz CT molecular complexity index is 169. The molecule has 0 aromatic carbocycles. The van der Waals surface area contributed by atoms with Crippen molar-refractivity contribution in [3.8, 4) is 0 Å². The number of Topliss-reactive ketones (excluding diaryl/α,β-unsaturated/α-hetero) is 1. The van der Waals surface area contributed by atoms with Gasteiger partial charge in [0, 0.05) is 6.54 Å². The molecule has 0 aliphatic carbocycles. The third-order valence-electron chi connectivity index (χ3n) is 1.74. The van der Waals surface area contributed by atoms with Crippen molar-refractivity contribution in [2.24, 2.45) is 5.73 Å². The zero-order valence-electron chi connectivity index (χ0n) is 7.45. The second kappa shape index (κ2) is 6.02. The molecule has 1 unspecified atom stereocenters. The number of hydrogen-bond donors (Lipinski definition) is 6. The molecular formula is C7H15NO6. The molecule has 0 heterocycles. The molecular weight excluding hydrogens is 194 g/mol. The normalized spacial score (nSPS) is 19.9. The van der Waals surface area contributed by atoms with Gasteiger partial charge in [0.2, 0.25) is 0 Å². The van der Waals surface area contributed by atoms with E-state index in [-0.39, 0.29) is 6.54 Å². The fourth-order valence-electron chi connectivity index (χ4n) is 0.783. The molecule has 0 aliphatic heterocycles. The van der Waals surface area contributed by atoms with Gasteiger partial charge in [-0.1, -0.05) is 0 Å². The molecule has 0 aliphatic rings. The Morgan fingerprint density at radius 2 is 1.50 bits per heavy atom. The number of carbonyl (C=O) groups is 1. The van der Waals surface area contributed by atoms with Crippen LogP contribution in [0.1, 0.15) is 0 Å². The molecule has 14 heavy (non-hydrogen) atoms. The lowest BCUT2D eigenvalue weighted by molar-refractivity contribution is -0.148. The molecule has 0 aromatic heterocycles. The topological polar surface area (TPSA) is 144 Å². The number of nitrogens with two attached hydrogens (primary N) is 1. The van der Waals surface area contributed by atoms with E-state index >= 15 is 0 Å². The quantitative estimate of drug-likeness (QED) is 0.261. The van der Waals surface area contributed by atoms with E-state index in [0.29, 0.717) is 0 Å². The molecule has 0 fully saturated rings. The largest absolute Gasteiger partial charge is 0.394 e. The van der Waals surface area contributed by atoms with E-state index in [4.69, 9.17) is 31.3 Å². The molecule has 0 spiro atoms. The van der Waals surface area contributed by atoms with Gasteiger partial charge < -0.3 is 31.3 Å². The first kappa shape index (κ1) is 13.4. The Hall–Kier alpha value is -0.570. The predicted molar refractivity (Wildman–Crippen MR) is 45.2 cm³/mol. The van der Waals surface area contributed by atoms with Crippen molar-refractivity contribution in [2.75, 3.05) is 13.2 Å². The number of aliphatic hydroxyl groups is 5. The number of rotatable bonds is 6. The van der Waals surface area contributed by atoms with Crippen LogP contribution in [0.15, 0.2) is 0 Å². The van der Waals surface area contributed by atoms with E-state index in [1.54, 1.807) is 0 Å². The smallest absolute Gasteiger partial charge is 0.195 e. The fourth-order valence-corrected chi connectivity index (χ4v) is 0.783. The molecule has 0 saturated heterocycles. The Morgan fingerprint density at radius 1 is 1.07 bits per heavy atom. The predicted octanol–water partition coefficient (Wildman–Crippen LogP) is -4.05. The second-order valence-electron chi connectivity index (χ2n) is 2.85. The standard InChI is InChI=1S/C7H15NO6/c8-1-3(10)5(12)7(14)6(13)4(11)2-9/h3-6,9-13H,1-2,8H2/t3-,4?,5-,6-/m1/s1. The van der Waals surface area contributed by atoms with Gasteiger partial charge in [0.25, 0.3) is 0 Å². The molecule has 0 bridgehead atoms. The highest BCUT2D eigenvalue weighted by atomic mass is 16.4. The summed E-state index contributed by atoms with van der Waals surface area (Å²) in [6, 6.07) is 0. The van der Waals surface area contributed by atoms with Gasteiger partial charge in [0.1, 0.15) is 18.3 Å². The lowest BCUT2D eigenvalue weighted by Crippen LogP contribution is -2.48. The number of carbonyl (C=O) groups excluding carboxylic acids is 1. The molecule has 0 amide bonds. The van der Waals surface area contributed by atoms with Gasteiger partial charge in [-0.2, -0.15) is 0 Å². The first-order chi connectivity index (χ1) is 6.45. The van der Waals surface area contributed by atoms with Crippen molar-refractivity contribution >= 4 is 5.78 Å². The average molecular weight is 209 g/mol. The minimum Gasteiger partial charge on any atom is -0.394 e. The van der Waals surface area contributed by atoms with Crippen LogP contribution in [0, 0.1) is 0 Å². The van der Waals surface area contributed by atoms with Crippen LogP contribution >= 0.6 is 0 Å². The van der Waals surface area contributed by atoms with Crippen LogP contribution in [-0.4, -0.2) is 68.9 Å². The van der Waals surface area contributed by atoms with Crippen molar-refractivity contribution in [3.63, 3.8) is 0 Å². The summed E-state index contributed by atoms with van der Waals surface area (Å²) in [4.78, 5) is 11.1. The van der Waals surface area contributed by atoms with E-state index in [1.807, 2.05) is 0 Å². The Labute approximate surface area is 80.4 Å². The first-order valence-electron chi connectivity index (χ1n) is 4.02. The summed E-state index contributed by atoms with van der Waals surface area (Å²) in [5.41, 5.74) is 4.96. The summed E-state index contributed by atoms with van der Waals surface area (Å²) in [6.45, 7) is -1.17. The summed E-state index contributed by atoms with van der Waals surface area (Å²) in [5.74, 6) is -1.18. The lowest BCUT2D eigenvalue weighted by Gasteiger charge is -2.20. The minimum absolute atomic E-state index is 0.352. The molecule has 7 nitrogen and oxygen atoms in total. The summed E-state index contributed by atoms with van der Waals surface area (Å²) in [5, 5.41) is 44.3. The fraction of sp³-hybridized carbons (Fsp3) is 0.857. The summed E-state index contributed by atoms with van der Waals surface area (Å²) in [6.07, 6.45) is -6.97. The summed E-state index contributed by atoms with van der Waals surface area (Å²) in [7, 11) is 0. The lowest BCUT2D eigenvalue weighted by atomic mass is 10.0. The number of hydrogen-bond acceptors (Lipinski definition) is 7. The zero-order chi connectivity index (χ0) is 11.3. The molecule has 0 saturated carbocycles. The van der Waals surface area contributed by atoms with Crippen LogP contribution in [0.3, 0.4) is 0 Å². The van der Waals surface area contributed by atoms with E-state index < -0.39 is 36.8 Å². The van der Waals surface area contributed by atoms with Crippen LogP contribution in [0.25, 0.3) is 0 Å². The maximum absolute atomic E-state index is 11.1. The van der Waals surface area contributed by atoms with E-state index in [9.17, 15) is 4.79 Å². The van der Waals surface area contributed by atoms with Crippen molar-refractivity contribution in [1.82, 2.24) is 0 Å². The third kappa shape index (κ3) is 3.29. The second-order valence-corrected chi connectivity index (χ2v) is 2.85. The van der Waals surface area contributed by atoms with Gasteiger partial charge in [0.15, 0.2) is 5.78 Å². The Morgan fingerprint density at radius 3 is 1.86 bits per heavy atom. The van der Waals surface area contributed by atoms with Crippen LogP contribution < -0.4 is 5.73 Å². The maximum atomic E-state index is 11.1. The summed E-state index contributed by atoms with van der Waals surface area (Å²) < 4.78 is 0. The van der Waals surface area contributed by atoms with Gasteiger partial charge in [-0.3, -0.25) is 4.79 Å². The van der Waals surface area contributed by atoms with Crippen LogP contribution in [0.2, 0.25) is 0 Å². The van der Waals surface area contributed by atoms with Crippen LogP contribution in [0.4, 0.5) is 0 Å². The Balaban J connectivity index is 4.31. The van der Waals surface area contributed by atoms with Crippen molar-refractivity contribution in [3.05, 3.63) is 0 Å². The van der Waals surface area contributed by atoms with Gasteiger partial charge in [-0.25, -0.2) is 0 Å². The van der Waals surface area contributed by atoms with Gasteiger partial charge in [0.05, 0.1) is 12.7 Å². The third-order valence-corrected chi connectivity index (χ3v) is 1.74. The van der Waals surface area contributed by atoms with Gasteiger partial charge in [-0.05, 0) is 0 Å². The van der Waals surface area contributed by atoms with Crippen molar-refractivity contribution in [1.29, 1.82) is 0 Å². The van der Waals surface area contributed by atoms with Gasteiger partial charge >= 0.3 is 0 Å². The Kier molecular flexibility index (Phi) is 5.77. The van der Waals surface area contributed by atoms with E-state index in [2.05, 4.69) is 0 Å². The minimum atomic E-state index is -1.93. The molecule has 84 valence electrons. The monoisotopic (exact) mass is 209 g/mol. The molecule has 0 rings (SSSR count). The number of ketones is 1. The van der Waals surface area contributed by atoms with E-state index in [1.165, 1.54) is 0 Å². The van der Waals surface area contributed by atoms with Crippen molar-refractivity contribution in [2.45, 2.75) is 24.4 Å². The highest BCUT2D eigenvalue weighted by Crippen LogP contribution is 2.02. The van der Waals surface area contributed by atoms with Crippen LogP contribution in [0.5, 0.6) is 0 Å². The maximum Gasteiger partial charge on any atom is 0.195 e. The van der Waals surface area contributed by atoms with Crippen molar-refractivity contribution < 1.29 is 30.3 Å². The number of aliphatic hydroxyl groups excluding tert-OH is 5. The molecule has 4 atom stereocenters. The first-order valence-corrected chi connectivity index (χ1v) is 4.02. The molecule has 7 heteroatoms. The SMILES string of the molecule is NC[C@@H](O)[C@@H](O)C(=O)[C@H](O)C(O)CO.